The Kier molecular flexibility index (Phi) is 5.39. The SMILES string of the molecule is CCn1c(C)cc(C(=O)OCC(=O)Nc2ccc(C)c(F)c2)c1C. The molecule has 5 nitrogen and oxygen atoms in total. The van der Waals surface area contributed by atoms with Gasteiger partial charge in [-0.2, -0.15) is 0 Å². The predicted molar refractivity (Wildman–Crippen MR) is 89.6 cm³/mol. The van der Waals surface area contributed by atoms with Gasteiger partial charge in [-0.05, 0) is 51.5 Å². The molecule has 0 spiro atoms. The largest absolute Gasteiger partial charge is 0.452 e. The van der Waals surface area contributed by atoms with Crippen LogP contribution in [0.15, 0.2) is 24.3 Å². The molecule has 0 saturated heterocycles. The van der Waals surface area contributed by atoms with Gasteiger partial charge in [-0.3, -0.25) is 4.79 Å². The highest BCUT2D eigenvalue weighted by Gasteiger charge is 2.17. The average Bonchev–Trinajstić information content (AvgIpc) is 2.83. The van der Waals surface area contributed by atoms with Crippen molar-refractivity contribution in [2.45, 2.75) is 34.2 Å². The van der Waals surface area contributed by atoms with E-state index in [1.54, 1.807) is 25.1 Å². The van der Waals surface area contributed by atoms with Crippen LogP contribution in [0, 0.1) is 26.6 Å². The summed E-state index contributed by atoms with van der Waals surface area (Å²) in [6, 6.07) is 6.13. The summed E-state index contributed by atoms with van der Waals surface area (Å²) >= 11 is 0. The number of rotatable bonds is 5. The summed E-state index contributed by atoms with van der Waals surface area (Å²) in [5.74, 6) is -1.47. The van der Waals surface area contributed by atoms with E-state index < -0.39 is 24.3 Å². The first-order valence-corrected chi connectivity index (χ1v) is 7.73. The third-order valence-electron chi connectivity index (χ3n) is 3.90. The van der Waals surface area contributed by atoms with E-state index in [1.165, 1.54) is 6.07 Å². The quantitative estimate of drug-likeness (QED) is 0.854. The minimum atomic E-state index is -0.548. The fraction of sp³-hybridized carbons (Fsp3) is 0.333. The molecule has 6 heteroatoms. The number of hydrogen-bond donors (Lipinski definition) is 1. The first-order valence-electron chi connectivity index (χ1n) is 7.73. The summed E-state index contributed by atoms with van der Waals surface area (Å²) in [6.45, 7) is 7.70. The Morgan fingerprint density at radius 3 is 2.50 bits per heavy atom. The third kappa shape index (κ3) is 3.82. The summed E-state index contributed by atoms with van der Waals surface area (Å²) in [6.07, 6.45) is 0. The molecule has 0 aliphatic heterocycles. The van der Waals surface area contributed by atoms with Crippen molar-refractivity contribution in [3.63, 3.8) is 0 Å². The zero-order valence-corrected chi connectivity index (χ0v) is 14.3. The lowest BCUT2D eigenvalue weighted by Gasteiger charge is -2.08. The number of ether oxygens (including phenoxy) is 1. The summed E-state index contributed by atoms with van der Waals surface area (Å²) in [5, 5.41) is 2.50. The van der Waals surface area contributed by atoms with Crippen LogP contribution < -0.4 is 5.32 Å². The molecule has 1 heterocycles. The van der Waals surface area contributed by atoms with Crippen LogP contribution in [0.1, 0.15) is 34.2 Å². The van der Waals surface area contributed by atoms with Crippen LogP contribution in [0.5, 0.6) is 0 Å². The summed E-state index contributed by atoms with van der Waals surface area (Å²) in [4.78, 5) is 24.0. The van der Waals surface area contributed by atoms with Gasteiger partial charge in [0, 0.05) is 23.6 Å². The highest BCUT2D eigenvalue weighted by atomic mass is 19.1. The lowest BCUT2D eigenvalue weighted by Crippen LogP contribution is -2.21. The fourth-order valence-electron chi connectivity index (χ4n) is 2.57. The Morgan fingerprint density at radius 1 is 1.21 bits per heavy atom. The normalized spacial score (nSPS) is 10.5. The lowest BCUT2D eigenvalue weighted by molar-refractivity contribution is -0.119. The molecule has 128 valence electrons. The number of esters is 1. The number of carbonyl (C=O) groups excluding carboxylic acids is 2. The maximum atomic E-state index is 13.4. The van der Waals surface area contributed by atoms with Gasteiger partial charge in [0.2, 0.25) is 0 Å². The number of hydrogen-bond acceptors (Lipinski definition) is 3. The second kappa shape index (κ2) is 7.29. The van der Waals surface area contributed by atoms with E-state index in [-0.39, 0.29) is 0 Å². The van der Waals surface area contributed by atoms with E-state index in [9.17, 15) is 14.0 Å². The van der Waals surface area contributed by atoms with Gasteiger partial charge >= 0.3 is 5.97 Å². The molecule has 1 aromatic carbocycles. The van der Waals surface area contributed by atoms with Crippen molar-refractivity contribution in [3.8, 4) is 0 Å². The van der Waals surface area contributed by atoms with Crippen LogP contribution in [-0.4, -0.2) is 23.1 Å². The second-order valence-corrected chi connectivity index (χ2v) is 5.62. The van der Waals surface area contributed by atoms with Gasteiger partial charge in [0.05, 0.1) is 5.56 Å². The second-order valence-electron chi connectivity index (χ2n) is 5.62. The number of halogens is 1. The Bertz CT molecular complexity index is 781. The first kappa shape index (κ1) is 17.7. The fourth-order valence-corrected chi connectivity index (χ4v) is 2.57. The zero-order valence-electron chi connectivity index (χ0n) is 14.3. The van der Waals surface area contributed by atoms with E-state index in [4.69, 9.17) is 4.74 Å². The van der Waals surface area contributed by atoms with Crippen LogP contribution in [-0.2, 0) is 16.1 Å². The molecule has 0 bridgehead atoms. The Hall–Kier alpha value is -2.63. The van der Waals surface area contributed by atoms with E-state index in [0.29, 0.717) is 16.8 Å². The molecule has 1 aromatic heterocycles. The van der Waals surface area contributed by atoms with Gasteiger partial charge in [-0.15, -0.1) is 0 Å². The molecule has 2 rings (SSSR count). The van der Waals surface area contributed by atoms with Crippen LogP contribution >= 0.6 is 0 Å². The van der Waals surface area contributed by atoms with Crippen LogP contribution in [0.4, 0.5) is 10.1 Å². The average molecular weight is 332 g/mol. The van der Waals surface area contributed by atoms with Crippen LogP contribution in [0.3, 0.4) is 0 Å². The van der Waals surface area contributed by atoms with Crippen molar-refractivity contribution in [1.29, 1.82) is 0 Å². The van der Waals surface area contributed by atoms with Gasteiger partial charge in [-0.25, -0.2) is 9.18 Å². The van der Waals surface area contributed by atoms with Crippen molar-refractivity contribution in [2.24, 2.45) is 0 Å². The standard InChI is InChI=1S/C18H21FN2O3/c1-5-21-12(3)8-15(13(21)4)18(23)24-10-17(22)20-14-7-6-11(2)16(19)9-14/h6-9H,5,10H2,1-4H3,(H,20,22). The molecule has 0 unspecified atom stereocenters. The van der Waals surface area contributed by atoms with Crippen molar-refractivity contribution in [2.75, 3.05) is 11.9 Å². The molecule has 1 N–H and O–H groups in total. The minimum Gasteiger partial charge on any atom is -0.452 e. The number of nitrogens with zero attached hydrogens (tertiary/aromatic N) is 1. The van der Waals surface area contributed by atoms with Crippen molar-refractivity contribution in [1.82, 2.24) is 4.57 Å². The molecule has 0 atom stereocenters. The topological polar surface area (TPSA) is 60.3 Å². The summed E-state index contributed by atoms with van der Waals surface area (Å²) in [7, 11) is 0. The van der Waals surface area contributed by atoms with Crippen LogP contribution in [0.25, 0.3) is 0 Å². The molecule has 0 aliphatic carbocycles. The molecule has 24 heavy (non-hydrogen) atoms. The Morgan fingerprint density at radius 2 is 1.92 bits per heavy atom. The van der Waals surface area contributed by atoms with E-state index in [2.05, 4.69) is 5.32 Å². The molecular weight excluding hydrogens is 311 g/mol. The molecule has 1 amide bonds. The highest BCUT2D eigenvalue weighted by molar-refractivity contribution is 5.96. The van der Waals surface area contributed by atoms with Crippen LogP contribution in [0.2, 0.25) is 0 Å². The number of benzene rings is 1. The Labute approximate surface area is 140 Å². The van der Waals surface area contributed by atoms with Gasteiger partial charge in [0.1, 0.15) is 5.82 Å². The lowest BCUT2D eigenvalue weighted by atomic mass is 10.2. The number of amides is 1. The van der Waals surface area contributed by atoms with Crippen molar-refractivity contribution >= 4 is 17.6 Å². The maximum Gasteiger partial charge on any atom is 0.340 e. The van der Waals surface area contributed by atoms with Gasteiger partial charge in [0.15, 0.2) is 6.61 Å². The molecular formula is C18H21FN2O3. The van der Waals surface area contributed by atoms with E-state index in [0.717, 1.165) is 17.9 Å². The Balaban J connectivity index is 1.96. The first-order chi connectivity index (χ1) is 11.3. The number of aromatic nitrogens is 1. The smallest absolute Gasteiger partial charge is 0.340 e. The molecule has 0 aliphatic rings. The highest BCUT2D eigenvalue weighted by Crippen LogP contribution is 2.16. The number of aryl methyl sites for hydroxylation is 2. The van der Waals surface area contributed by atoms with E-state index in [1.807, 2.05) is 25.3 Å². The van der Waals surface area contributed by atoms with Gasteiger partial charge in [0.25, 0.3) is 5.91 Å². The minimum absolute atomic E-state index is 0.323. The number of carbonyl (C=O) groups is 2. The monoisotopic (exact) mass is 332 g/mol. The predicted octanol–water partition coefficient (Wildman–Crippen LogP) is 3.37. The maximum absolute atomic E-state index is 13.4. The molecule has 2 aromatic rings. The van der Waals surface area contributed by atoms with E-state index >= 15 is 0 Å². The van der Waals surface area contributed by atoms with Crippen molar-refractivity contribution < 1.29 is 18.7 Å². The summed E-state index contributed by atoms with van der Waals surface area (Å²) < 4.78 is 20.5. The third-order valence-corrected chi connectivity index (χ3v) is 3.90. The number of anilines is 1. The molecule has 0 radical (unpaired) electrons. The summed E-state index contributed by atoms with van der Waals surface area (Å²) in [5.41, 5.74) is 3.03. The number of nitrogens with one attached hydrogen (secondary N) is 1. The molecule has 0 fully saturated rings. The van der Waals surface area contributed by atoms with Gasteiger partial charge in [-0.1, -0.05) is 6.07 Å². The van der Waals surface area contributed by atoms with Gasteiger partial charge < -0.3 is 14.6 Å². The zero-order chi connectivity index (χ0) is 17.9. The van der Waals surface area contributed by atoms with Crippen molar-refractivity contribution in [3.05, 3.63) is 52.6 Å². The molecule has 0 saturated carbocycles.